The van der Waals surface area contributed by atoms with Crippen molar-refractivity contribution in [1.82, 2.24) is 9.44 Å². The van der Waals surface area contributed by atoms with Gasteiger partial charge < -0.3 is 0 Å². The summed E-state index contributed by atoms with van der Waals surface area (Å²) in [5, 5.41) is -0.964. The molecule has 2 N–H and O–H groups in total. The molecule has 8 heteroatoms. The maximum atomic E-state index is 13.6. The maximum absolute atomic E-state index is 13.6. The summed E-state index contributed by atoms with van der Waals surface area (Å²) in [6, 6.07) is 0. The van der Waals surface area contributed by atoms with E-state index in [0.29, 0.717) is 17.8 Å². The molecule has 0 heterocycles. The van der Waals surface area contributed by atoms with Crippen LogP contribution >= 0.6 is 23.9 Å². The number of alkyl halides is 2. The molecule has 0 atom stereocenters. The van der Waals surface area contributed by atoms with Gasteiger partial charge in [-0.2, -0.15) is 8.78 Å². The Bertz CT molecular complexity index is 467. The zero-order valence-electron chi connectivity index (χ0n) is 13.1. The van der Waals surface area contributed by atoms with Crippen LogP contribution in [-0.4, -0.2) is 23.3 Å². The number of carbonyl (C=O) groups is 2. The first-order chi connectivity index (χ1) is 10.8. The molecule has 0 aromatic carbocycles. The van der Waals surface area contributed by atoms with Crippen molar-refractivity contribution >= 4 is 35.7 Å². The van der Waals surface area contributed by atoms with Crippen LogP contribution in [0.25, 0.3) is 0 Å². The van der Waals surface area contributed by atoms with Gasteiger partial charge >= 0.3 is 5.25 Å². The monoisotopic (exact) mass is 364 g/mol. The van der Waals surface area contributed by atoms with E-state index in [2.05, 4.69) is 9.44 Å². The van der Waals surface area contributed by atoms with E-state index in [1.54, 1.807) is 6.26 Å². The first-order valence-corrected chi connectivity index (χ1v) is 10.0. The van der Waals surface area contributed by atoms with Crippen LogP contribution in [0, 0.1) is 23.2 Å². The van der Waals surface area contributed by atoms with Gasteiger partial charge in [-0.25, -0.2) is 4.13 Å². The molecule has 23 heavy (non-hydrogen) atoms. The molecule has 130 valence electrons. The Kier molecular flexibility index (Phi) is 4.95. The molecule has 0 unspecified atom stereocenters. The molecule has 0 aromatic heterocycles. The molecule has 4 bridgehead atoms. The average Bonchev–Trinajstić information content (AvgIpc) is 2.43. The van der Waals surface area contributed by atoms with Gasteiger partial charge in [0.05, 0.1) is 5.41 Å². The largest absolute Gasteiger partial charge is 0.316 e. The topological polar surface area (TPSA) is 58.2 Å². The highest BCUT2D eigenvalue weighted by Gasteiger charge is 2.55. The smallest absolute Gasteiger partial charge is 0.296 e. The van der Waals surface area contributed by atoms with Gasteiger partial charge in [-0.1, -0.05) is 11.9 Å². The number of rotatable bonds is 6. The number of hydrogen-bond donors (Lipinski definition) is 2. The average molecular weight is 364 g/mol. The molecule has 4 aliphatic rings. The summed E-state index contributed by atoms with van der Waals surface area (Å²) in [5.74, 6) is 0.519. The zero-order chi connectivity index (χ0) is 16.7. The predicted molar refractivity (Wildman–Crippen MR) is 87.6 cm³/mol. The highest BCUT2D eigenvalue weighted by atomic mass is 32.2. The highest BCUT2D eigenvalue weighted by Crippen LogP contribution is 2.60. The van der Waals surface area contributed by atoms with Gasteiger partial charge in [-0.15, -0.1) is 0 Å². The van der Waals surface area contributed by atoms with Crippen molar-refractivity contribution in [3.63, 3.8) is 0 Å². The third kappa shape index (κ3) is 3.85. The molecule has 2 amide bonds. The molecule has 0 radical (unpaired) electrons. The van der Waals surface area contributed by atoms with Crippen molar-refractivity contribution < 1.29 is 18.4 Å². The van der Waals surface area contributed by atoms with E-state index >= 15 is 0 Å². The Balaban J connectivity index is 1.58. The maximum Gasteiger partial charge on any atom is 0.316 e. The lowest BCUT2D eigenvalue weighted by Gasteiger charge is -2.55. The Morgan fingerprint density at radius 1 is 1.13 bits per heavy atom. The summed E-state index contributed by atoms with van der Waals surface area (Å²) < 4.78 is 29.6. The van der Waals surface area contributed by atoms with Crippen molar-refractivity contribution in [3.05, 3.63) is 0 Å². The molecule has 0 aromatic rings. The molecular weight excluding hydrogens is 342 g/mol. The second-order valence-corrected chi connectivity index (χ2v) is 9.16. The molecule has 4 rings (SSSR count). The van der Waals surface area contributed by atoms with Crippen molar-refractivity contribution in [2.75, 3.05) is 6.26 Å². The Morgan fingerprint density at radius 2 is 1.65 bits per heavy atom. The number of hydrogen-bond acceptors (Lipinski definition) is 5. The van der Waals surface area contributed by atoms with E-state index in [9.17, 15) is 18.4 Å². The molecule has 0 aliphatic heterocycles. The number of imide groups is 1. The summed E-state index contributed by atoms with van der Waals surface area (Å²) in [4.78, 5) is 24.5. The van der Waals surface area contributed by atoms with Crippen LogP contribution in [0.3, 0.4) is 0 Å². The van der Waals surface area contributed by atoms with E-state index in [-0.39, 0.29) is 17.9 Å². The lowest BCUT2D eigenvalue weighted by Crippen LogP contribution is -2.54. The summed E-state index contributed by atoms with van der Waals surface area (Å²) >= 11 is 1.24. The second kappa shape index (κ2) is 6.52. The molecule has 4 aliphatic carbocycles. The van der Waals surface area contributed by atoms with Crippen LogP contribution in [0.4, 0.5) is 8.78 Å². The SMILES string of the molecule is CSNSC(F)(F)CC(=O)NC(=O)C12CC3CC(CC(C3)C1)C2. The van der Waals surface area contributed by atoms with Gasteiger partial charge in [0, 0.05) is 11.9 Å². The highest BCUT2D eigenvalue weighted by molar-refractivity contribution is 8.12. The molecule has 0 spiro atoms. The fourth-order valence-electron chi connectivity index (χ4n) is 5.02. The Morgan fingerprint density at radius 3 is 2.13 bits per heavy atom. The molecule has 4 nitrogen and oxygen atoms in total. The first kappa shape index (κ1) is 17.5. The first-order valence-electron chi connectivity index (χ1n) is 8.00. The third-order valence-corrected chi connectivity index (χ3v) is 6.86. The zero-order valence-corrected chi connectivity index (χ0v) is 14.7. The minimum Gasteiger partial charge on any atom is -0.296 e. The van der Waals surface area contributed by atoms with Crippen LogP contribution in [0.15, 0.2) is 0 Å². The minimum atomic E-state index is -3.23. The van der Waals surface area contributed by atoms with Gasteiger partial charge in [-0.3, -0.25) is 14.9 Å². The van der Waals surface area contributed by atoms with E-state index in [4.69, 9.17) is 0 Å². The van der Waals surface area contributed by atoms with E-state index in [0.717, 1.165) is 31.2 Å². The lowest BCUT2D eigenvalue weighted by atomic mass is 9.49. The normalized spacial score (nSPS) is 35.3. The number of carbonyl (C=O) groups excluding carboxylic acids is 2. The van der Waals surface area contributed by atoms with Crippen LogP contribution in [0.1, 0.15) is 44.9 Å². The summed E-state index contributed by atoms with van der Waals surface area (Å²) in [6.45, 7) is 0. The minimum absolute atomic E-state index is 0.201. The van der Waals surface area contributed by atoms with Crippen LogP contribution in [0.5, 0.6) is 0 Å². The quantitative estimate of drug-likeness (QED) is 0.708. The molecular formula is C15H22F2N2O2S2. The Labute approximate surface area is 143 Å². The van der Waals surface area contributed by atoms with E-state index in [1.807, 2.05) is 0 Å². The van der Waals surface area contributed by atoms with Gasteiger partial charge in [-0.05, 0) is 62.5 Å². The number of halogens is 2. The third-order valence-electron chi connectivity index (χ3n) is 5.41. The fourth-order valence-corrected chi connectivity index (χ4v) is 6.04. The van der Waals surface area contributed by atoms with Crippen molar-refractivity contribution in [3.8, 4) is 0 Å². The van der Waals surface area contributed by atoms with E-state index < -0.39 is 23.0 Å². The van der Waals surface area contributed by atoms with Gasteiger partial charge in [0.2, 0.25) is 11.8 Å². The summed E-state index contributed by atoms with van der Waals surface area (Å²) in [7, 11) is 0. The molecule has 0 saturated heterocycles. The van der Waals surface area contributed by atoms with E-state index in [1.165, 1.54) is 19.3 Å². The molecule has 4 saturated carbocycles. The van der Waals surface area contributed by atoms with Crippen LogP contribution < -0.4 is 9.44 Å². The van der Waals surface area contributed by atoms with Crippen molar-refractivity contribution in [1.29, 1.82) is 0 Å². The van der Waals surface area contributed by atoms with Gasteiger partial charge in [0.25, 0.3) is 0 Å². The summed E-state index contributed by atoms with van der Waals surface area (Å²) in [6.07, 6.45) is 6.66. The fraction of sp³-hybridized carbons (Fsp3) is 0.867. The summed E-state index contributed by atoms with van der Waals surface area (Å²) in [5.41, 5.74) is -0.482. The number of nitrogens with one attached hydrogen (secondary N) is 2. The second-order valence-electron chi connectivity index (χ2n) is 7.28. The van der Waals surface area contributed by atoms with Gasteiger partial charge in [0.1, 0.15) is 6.42 Å². The lowest BCUT2D eigenvalue weighted by molar-refractivity contribution is -0.150. The van der Waals surface area contributed by atoms with Crippen LogP contribution in [0.2, 0.25) is 0 Å². The standard InChI is InChI=1S/C15H22F2N2O2S2/c1-22-19-23-15(16,17)8-12(20)18-13(21)14-5-9-2-10(6-14)4-11(3-9)7-14/h9-11,19H,2-8H2,1H3,(H,18,20,21). The molecule has 4 fully saturated rings. The van der Waals surface area contributed by atoms with Crippen molar-refractivity contribution in [2.45, 2.75) is 50.2 Å². The predicted octanol–water partition coefficient (Wildman–Crippen LogP) is 3.34. The van der Waals surface area contributed by atoms with Crippen molar-refractivity contribution in [2.24, 2.45) is 23.2 Å². The number of amides is 2. The van der Waals surface area contributed by atoms with Gasteiger partial charge in [0.15, 0.2) is 0 Å². The van der Waals surface area contributed by atoms with Crippen LogP contribution in [-0.2, 0) is 9.59 Å². The Hall–Kier alpha value is -0.340.